The summed E-state index contributed by atoms with van der Waals surface area (Å²) in [7, 11) is -0.637. The third-order valence-electron chi connectivity index (χ3n) is 4.81. The van der Waals surface area contributed by atoms with Crippen LogP contribution >= 0.6 is 0 Å². The van der Waals surface area contributed by atoms with Crippen molar-refractivity contribution >= 4 is 25.0 Å². The second-order valence-electron chi connectivity index (χ2n) is 9.09. The predicted molar refractivity (Wildman–Crippen MR) is 112 cm³/mol. The molecule has 1 aromatic rings. The number of pyridine rings is 1. The van der Waals surface area contributed by atoms with E-state index in [-0.39, 0.29) is 6.54 Å². The van der Waals surface area contributed by atoms with E-state index in [1.165, 1.54) is 0 Å². The number of amides is 1. The maximum absolute atomic E-state index is 12.1. The molecular formula is C20H32BN3O4. The molecule has 1 aliphatic rings. The zero-order valence-electron chi connectivity index (χ0n) is 18.2. The van der Waals surface area contributed by atoms with Gasteiger partial charge in [-0.25, -0.2) is 4.79 Å². The number of nitrogens with two attached hydrogens (primary N) is 1. The van der Waals surface area contributed by atoms with Gasteiger partial charge < -0.3 is 25.1 Å². The molecule has 28 heavy (non-hydrogen) atoms. The Morgan fingerprint density at radius 2 is 1.82 bits per heavy atom. The molecule has 0 aromatic carbocycles. The standard InChI is InChI=1S/C20H32BN3O4/c1-13-9-10-15(22)16(24-13)11-14(12-23-17(25)26-18(2,3)4)21-27-19(5,6)20(7,8)28-21/h9-11H,12,22H2,1-8H3,(H,23,25). The van der Waals surface area contributed by atoms with Crippen molar-refractivity contribution in [2.24, 2.45) is 0 Å². The van der Waals surface area contributed by atoms with Gasteiger partial charge in [0, 0.05) is 12.2 Å². The van der Waals surface area contributed by atoms with E-state index < -0.39 is 30.0 Å². The van der Waals surface area contributed by atoms with Crippen molar-refractivity contribution in [1.82, 2.24) is 10.3 Å². The van der Waals surface area contributed by atoms with Crippen LogP contribution in [-0.4, -0.2) is 41.5 Å². The number of hydrogen-bond acceptors (Lipinski definition) is 6. The van der Waals surface area contributed by atoms with Gasteiger partial charge >= 0.3 is 13.2 Å². The smallest absolute Gasteiger partial charge is 0.444 e. The average Bonchev–Trinajstić information content (AvgIpc) is 2.73. The molecule has 0 aliphatic carbocycles. The summed E-state index contributed by atoms with van der Waals surface area (Å²) >= 11 is 0. The minimum absolute atomic E-state index is 0.181. The van der Waals surface area contributed by atoms with E-state index in [4.69, 9.17) is 19.8 Å². The lowest BCUT2D eigenvalue weighted by molar-refractivity contribution is 0.00578. The summed E-state index contributed by atoms with van der Waals surface area (Å²) in [6.07, 6.45) is 1.29. The molecule has 3 N–H and O–H groups in total. The third kappa shape index (κ3) is 5.48. The second kappa shape index (κ2) is 7.76. The Bertz CT molecular complexity index is 753. The van der Waals surface area contributed by atoms with Crippen molar-refractivity contribution in [2.45, 2.75) is 72.2 Å². The van der Waals surface area contributed by atoms with Gasteiger partial charge in [0.05, 0.1) is 22.6 Å². The number of rotatable bonds is 4. The number of aromatic nitrogens is 1. The lowest BCUT2D eigenvalue weighted by Gasteiger charge is -2.32. The Morgan fingerprint density at radius 3 is 2.36 bits per heavy atom. The molecule has 1 aliphatic heterocycles. The van der Waals surface area contributed by atoms with Crippen LogP contribution in [0.2, 0.25) is 0 Å². The predicted octanol–water partition coefficient (Wildman–Crippen LogP) is 3.51. The van der Waals surface area contributed by atoms with Crippen LogP contribution in [0.3, 0.4) is 0 Å². The maximum atomic E-state index is 12.1. The summed E-state index contributed by atoms with van der Waals surface area (Å²) in [6, 6.07) is 3.65. The fraction of sp³-hybridized carbons (Fsp3) is 0.600. The van der Waals surface area contributed by atoms with Crippen LogP contribution in [0.5, 0.6) is 0 Å². The summed E-state index contributed by atoms with van der Waals surface area (Å²) in [5.74, 6) is 0. The van der Waals surface area contributed by atoms with Crippen molar-refractivity contribution in [1.29, 1.82) is 0 Å². The summed E-state index contributed by atoms with van der Waals surface area (Å²) in [5.41, 5.74) is 7.18. The second-order valence-corrected chi connectivity index (χ2v) is 9.09. The Hall–Kier alpha value is -2.06. The van der Waals surface area contributed by atoms with Gasteiger partial charge in [0.1, 0.15) is 5.60 Å². The largest absolute Gasteiger partial charge is 0.492 e. The van der Waals surface area contributed by atoms with Crippen LogP contribution in [0, 0.1) is 6.92 Å². The van der Waals surface area contributed by atoms with Gasteiger partial charge in [-0.05, 0) is 79.1 Å². The van der Waals surface area contributed by atoms with Gasteiger partial charge in [-0.2, -0.15) is 0 Å². The van der Waals surface area contributed by atoms with Crippen LogP contribution in [0.15, 0.2) is 17.6 Å². The van der Waals surface area contributed by atoms with Crippen LogP contribution in [-0.2, 0) is 14.0 Å². The number of anilines is 1. The van der Waals surface area contributed by atoms with E-state index in [0.717, 1.165) is 5.69 Å². The highest BCUT2D eigenvalue weighted by molar-refractivity contribution is 6.56. The molecule has 2 rings (SSSR count). The van der Waals surface area contributed by atoms with Gasteiger partial charge in [0.2, 0.25) is 0 Å². The monoisotopic (exact) mass is 389 g/mol. The molecule has 1 saturated heterocycles. The molecule has 0 unspecified atom stereocenters. The van der Waals surface area contributed by atoms with Gasteiger partial charge in [0.25, 0.3) is 0 Å². The number of nitrogens with zero attached hydrogens (tertiary/aromatic N) is 1. The topological polar surface area (TPSA) is 95.7 Å². The van der Waals surface area contributed by atoms with Gasteiger partial charge in [0.15, 0.2) is 0 Å². The number of ether oxygens (including phenoxy) is 1. The molecule has 0 radical (unpaired) electrons. The summed E-state index contributed by atoms with van der Waals surface area (Å²) in [5, 5.41) is 2.77. The molecule has 1 aromatic heterocycles. The average molecular weight is 389 g/mol. The number of nitrogen functional groups attached to an aromatic ring is 1. The maximum Gasteiger partial charge on any atom is 0.492 e. The van der Waals surface area contributed by atoms with Crippen LogP contribution in [0.25, 0.3) is 6.08 Å². The molecular weight excluding hydrogens is 357 g/mol. The lowest BCUT2D eigenvalue weighted by atomic mass is 9.77. The molecule has 1 amide bonds. The van der Waals surface area contributed by atoms with E-state index in [1.807, 2.05) is 67.5 Å². The van der Waals surface area contributed by atoms with Crippen molar-refractivity contribution in [3.63, 3.8) is 0 Å². The van der Waals surface area contributed by atoms with Gasteiger partial charge in [-0.15, -0.1) is 0 Å². The highest BCUT2D eigenvalue weighted by Crippen LogP contribution is 2.38. The molecule has 2 heterocycles. The lowest BCUT2D eigenvalue weighted by Crippen LogP contribution is -2.41. The Morgan fingerprint density at radius 1 is 1.25 bits per heavy atom. The molecule has 154 valence electrons. The summed E-state index contributed by atoms with van der Waals surface area (Å²) in [4.78, 5) is 16.6. The first-order chi connectivity index (χ1) is 12.7. The first-order valence-corrected chi connectivity index (χ1v) is 9.46. The minimum atomic E-state index is -0.637. The Kier molecular flexibility index (Phi) is 6.16. The fourth-order valence-corrected chi connectivity index (χ4v) is 2.56. The van der Waals surface area contributed by atoms with Gasteiger partial charge in [-0.3, -0.25) is 4.98 Å². The van der Waals surface area contributed by atoms with Crippen molar-refractivity contribution in [2.75, 3.05) is 12.3 Å². The fourth-order valence-electron chi connectivity index (χ4n) is 2.56. The highest BCUT2D eigenvalue weighted by atomic mass is 16.7. The van der Waals surface area contributed by atoms with Crippen LogP contribution < -0.4 is 11.1 Å². The summed E-state index contributed by atoms with van der Waals surface area (Å²) < 4.78 is 17.6. The van der Waals surface area contributed by atoms with Crippen molar-refractivity contribution in [3.05, 3.63) is 29.0 Å². The molecule has 0 spiro atoms. The number of nitrogens with one attached hydrogen (secondary N) is 1. The molecule has 0 saturated carbocycles. The molecule has 8 heteroatoms. The zero-order chi connectivity index (χ0) is 21.3. The van der Waals surface area contributed by atoms with E-state index in [2.05, 4.69) is 10.3 Å². The Balaban J connectivity index is 2.30. The number of carbonyl (C=O) groups is 1. The van der Waals surface area contributed by atoms with Crippen LogP contribution in [0.1, 0.15) is 59.9 Å². The first-order valence-electron chi connectivity index (χ1n) is 9.46. The molecule has 1 fully saturated rings. The number of carbonyl (C=O) groups excluding carboxylic acids is 1. The normalized spacial score (nSPS) is 18.9. The van der Waals surface area contributed by atoms with Gasteiger partial charge in [-0.1, -0.05) is 0 Å². The van der Waals surface area contributed by atoms with E-state index in [0.29, 0.717) is 16.9 Å². The van der Waals surface area contributed by atoms with Crippen molar-refractivity contribution < 1.29 is 18.8 Å². The summed E-state index contributed by atoms with van der Waals surface area (Å²) in [6.45, 7) is 15.4. The number of hydrogen-bond donors (Lipinski definition) is 2. The molecule has 0 bridgehead atoms. The third-order valence-corrected chi connectivity index (χ3v) is 4.81. The quantitative estimate of drug-likeness (QED) is 0.765. The van der Waals surface area contributed by atoms with E-state index >= 15 is 0 Å². The highest BCUT2D eigenvalue weighted by Gasteiger charge is 2.52. The molecule has 7 nitrogen and oxygen atoms in total. The van der Waals surface area contributed by atoms with Crippen LogP contribution in [0.4, 0.5) is 10.5 Å². The number of aryl methyl sites for hydroxylation is 1. The number of alkyl carbamates (subject to hydrolysis) is 1. The van der Waals surface area contributed by atoms with E-state index in [9.17, 15) is 4.79 Å². The zero-order valence-corrected chi connectivity index (χ0v) is 18.2. The van der Waals surface area contributed by atoms with E-state index in [1.54, 1.807) is 6.07 Å². The SMILES string of the molecule is Cc1ccc(N)c(C=C(CNC(=O)OC(C)(C)C)B2OC(C)(C)C(C)(C)O2)n1. The molecule has 0 atom stereocenters. The van der Waals surface area contributed by atoms with Crippen molar-refractivity contribution in [3.8, 4) is 0 Å². The first kappa shape index (κ1) is 22.2. The Labute approximate surface area is 168 Å². The minimum Gasteiger partial charge on any atom is -0.444 e.